The Bertz CT molecular complexity index is 918. The molecule has 2 atom stereocenters. The van der Waals surface area contributed by atoms with Gasteiger partial charge in [0.25, 0.3) is 0 Å². The molecule has 60 heavy (non-hydrogen) atoms. The lowest BCUT2D eigenvalue weighted by molar-refractivity contribution is -0.167. The molecule has 0 aliphatic rings. The van der Waals surface area contributed by atoms with Gasteiger partial charge >= 0.3 is 17.9 Å². The van der Waals surface area contributed by atoms with Gasteiger partial charge in [-0.3, -0.25) is 14.4 Å². The Morgan fingerprint density at radius 3 is 0.950 bits per heavy atom. The van der Waals surface area contributed by atoms with Crippen molar-refractivity contribution < 1.29 is 28.6 Å². The second-order valence-corrected chi connectivity index (χ2v) is 19.2. The number of carbonyl (C=O) groups excluding carboxylic acids is 3. The van der Waals surface area contributed by atoms with Crippen LogP contribution in [0.1, 0.15) is 298 Å². The van der Waals surface area contributed by atoms with Gasteiger partial charge in [0.05, 0.1) is 0 Å². The molecule has 0 heterocycles. The van der Waals surface area contributed by atoms with E-state index < -0.39 is 6.10 Å². The third-order valence-electron chi connectivity index (χ3n) is 12.6. The molecular formula is C54H104O6. The molecule has 0 N–H and O–H groups in total. The van der Waals surface area contributed by atoms with Crippen molar-refractivity contribution in [1.82, 2.24) is 0 Å². The fourth-order valence-electron chi connectivity index (χ4n) is 8.13. The number of rotatable bonds is 48. The van der Waals surface area contributed by atoms with Gasteiger partial charge in [0.1, 0.15) is 13.2 Å². The van der Waals surface area contributed by atoms with Crippen molar-refractivity contribution in [2.24, 2.45) is 11.8 Å². The van der Waals surface area contributed by atoms with Gasteiger partial charge in [-0.2, -0.15) is 0 Å². The molecule has 0 aliphatic heterocycles. The van der Waals surface area contributed by atoms with Crippen LogP contribution < -0.4 is 0 Å². The fourth-order valence-corrected chi connectivity index (χ4v) is 8.13. The molecule has 0 bridgehead atoms. The molecule has 0 aliphatic carbocycles. The van der Waals surface area contributed by atoms with E-state index in [-0.39, 0.29) is 31.1 Å². The van der Waals surface area contributed by atoms with Crippen LogP contribution in [0.4, 0.5) is 0 Å². The van der Waals surface area contributed by atoms with Crippen molar-refractivity contribution in [3.8, 4) is 0 Å². The van der Waals surface area contributed by atoms with E-state index in [0.29, 0.717) is 19.3 Å². The lowest BCUT2D eigenvalue weighted by Crippen LogP contribution is -2.30. The molecule has 6 nitrogen and oxygen atoms in total. The van der Waals surface area contributed by atoms with Crippen LogP contribution in [0.3, 0.4) is 0 Å². The average Bonchev–Trinajstić information content (AvgIpc) is 3.23. The summed E-state index contributed by atoms with van der Waals surface area (Å²) in [4.78, 5) is 38.0. The normalized spacial score (nSPS) is 12.5. The van der Waals surface area contributed by atoms with Crippen molar-refractivity contribution >= 4 is 17.9 Å². The third-order valence-corrected chi connectivity index (χ3v) is 12.6. The van der Waals surface area contributed by atoms with Crippen molar-refractivity contribution in [2.75, 3.05) is 13.2 Å². The summed E-state index contributed by atoms with van der Waals surface area (Å²) >= 11 is 0. The van der Waals surface area contributed by atoms with Crippen LogP contribution in [-0.2, 0) is 28.6 Å². The van der Waals surface area contributed by atoms with Crippen LogP contribution in [0.2, 0.25) is 0 Å². The number of unbranched alkanes of at least 4 members (excludes halogenated alkanes) is 32. The molecule has 0 saturated carbocycles. The summed E-state index contributed by atoms with van der Waals surface area (Å²) in [7, 11) is 0. The van der Waals surface area contributed by atoms with Crippen LogP contribution in [-0.4, -0.2) is 37.2 Å². The monoisotopic (exact) mass is 849 g/mol. The van der Waals surface area contributed by atoms with Crippen molar-refractivity contribution in [2.45, 2.75) is 304 Å². The van der Waals surface area contributed by atoms with Gasteiger partial charge in [0.2, 0.25) is 0 Å². The minimum atomic E-state index is -0.762. The van der Waals surface area contributed by atoms with Gasteiger partial charge in [-0.15, -0.1) is 0 Å². The zero-order valence-electron chi connectivity index (χ0n) is 41.1. The second kappa shape index (κ2) is 46.9. The molecular weight excluding hydrogens is 745 g/mol. The van der Waals surface area contributed by atoms with Crippen LogP contribution in [0.5, 0.6) is 0 Å². The first-order valence-electron chi connectivity index (χ1n) is 26.8. The molecule has 0 rings (SSSR count). The quantitative estimate of drug-likeness (QED) is 0.0345. The van der Waals surface area contributed by atoms with E-state index in [1.165, 1.54) is 186 Å². The van der Waals surface area contributed by atoms with Crippen LogP contribution in [0.15, 0.2) is 0 Å². The standard InChI is InChI=1S/C54H104O6/c1-6-8-9-10-11-12-13-14-15-16-20-23-29-34-39-44-52(55)58-47-51(60-54(57)46-41-36-31-26-25-28-33-38-43-50(5)7-2)48-59-53(56)45-40-35-30-24-21-18-17-19-22-27-32-37-42-49(3)4/h49-51H,6-48H2,1-5H3/t50?,51-/m1/s1. The van der Waals surface area contributed by atoms with Crippen LogP contribution in [0.25, 0.3) is 0 Å². The third kappa shape index (κ3) is 45.9. The topological polar surface area (TPSA) is 78.9 Å². The highest BCUT2D eigenvalue weighted by Gasteiger charge is 2.19. The van der Waals surface area contributed by atoms with Crippen LogP contribution in [0, 0.1) is 11.8 Å². The highest BCUT2D eigenvalue weighted by molar-refractivity contribution is 5.71. The molecule has 0 saturated heterocycles. The Morgan fingerprint density at radius 2 is 0.633 bits per heavy atom. The molecule has 1 unspecified atom stereocenters. The van der Waals surface area contributed by atoms with E-state index in [9.17, 15) is 14.4 Å². The van der Waals surface area contributed by atoms with Gasteiger partial charge in [-0.1, -0.05) is 259 Å². The maximum Gasteiger partial charge on any atom is 0.306 e. The molecule has 0 spiro atoms. The Morgan fingerprint density at radius 1 is 0.350 bits per heavy atom. The largest absolute Gasteiger partial charge is 0.462 e. The van der Waals surface area contributed by atoms with Crippen molar-refractivity contribution in [1.29, 1.82) is 0 Å². The highest BCUT2D eigenvalue weighted by Crippen LogP contribution is 2.18. The number of carbonyl (C=O) groups is 3. The Kier molecular flexibility index (Phi) is 45.7. The van der Waals surface area contributed by atoms with E-state index in [2.05, 4.69) is 34.6 Å². The van der Waals surface area contributed by atoms with E-state index in [1.54, 1.807) is 0 Å². The smallest absolute Gasteiger partial charge is 0.306 e. The number of esters is 3. The van der Waals surface area contributed by atoms with E-state index in [4.69, 9.17) is 14.2 Å². The van der Waals surface area contributed by atoms with E-state index >= 15 is 0 Å². The zero-order chi connectivity index (χ0) is 44.0. The molecule has 0 amide bonds. The lowest BCUT2D eigenvalue weighted by Gasteiger charge is -2.18. The maximum absolute atomic E-state index is 12.8. The first-order valence-corrected chi connectivity index (χ1v) is 26.8. The Hall–Kier alpha value is -1.59. The van der Waals surface area contributed by atoms with Gasteiger partial charge in [-0.25, -0.2) is 0 Å². The maximum atomic E-state index is 12.8. The van der Waals surface area contributed by atoms with Gasteiger partial charge in [0, 0.05) is 19.3 Å². The molecule has 0 radical (unpaired) electrons. The fraction of sp³-hybridized carbons (Fsp3) is 0.944. The number of hydrogen-bond acceptors (Lipinski definition) is 6. The summed E-state index contributed by atoms with van der Waals surface area (Å²) in [5.41, 5.74) is 0. The molecule has 0 fully saturated rings. The van der Waals surface area contributed by atoms with Crippen molar-refractivity contribution in [3.05, 3.63) is 0 Å². The minimum absolute atomic E-state index is 0.0637. The Balaban J connectivity index is 4.31. The molecule has 0 aromatic heterocycles. The molecule has 6 heteroatoms. The predicted octanol–water partition coefficient (Wildman–Crippen LogP) is 17.3. The second-order valence-electron chi connectivity index (χ2n) is 19.2. The Labute approximate surface area is 374 Å². The summed E-state index contributed by atoms with van der Waals surface area (Å²) in [6.07, 6.45) is 48.0. The first-order chi connectivity index (χ1) is 29.3. The summed E-state index contributed by atoms with van der Waals surface area (Å²) in [5, 5.41) is 0. The van der Waals surface area contributed by atoms with Gasteiger partial charge in [0.15, 0.2) is 6.10 Å². The number of ether oxygens (including phenoxy) is 3. The average molecular weight is 849 g/mol. The molecule has 0 aromatic rings. The summed E-state index contributed by atoms with van der Waals surface area (Å²) in [6, 6.07) is 0. The summed E-state index contributed by atoms with van der Waals surface area (Å²) in [5.74, 6) is 0.832. The highest BCUT2D eigenvalue weighted by atomic mass is 16.6. The number of hydrogen-bond donors (Lipinski definition) is 0. The molecule has 0 aromatic carbocycles. The SMILES string of the molecule is CCCCCCCCCCCCCCCCCC(=O)OC[C@H](COC(=O)CCCCCCCCCCCCCCC(C)C)OC(=O)CCCCCCCCCCC(C)CC. The minimum Gasteiger partial charge on any atom is -0.462 e. The first kappa shape index (κ1) is 58.4. The summed E-state index contributed by atoms with van der Waals surface area (Å²) in [6.45, 7) is 11.4. The van der Waals surface area contributed by atoms with E-state index in [0.717, 1.165) is 69.6 Å². The lowest BCUT2D eigenvalue weighted by atomic mass is 9.99. The zero-order valence-corrected chi connectivity index (χ0v) is 41.1. The van der Waals surface area contributed by atoms with Gasteiger partial charge < -0.3 is 14.2 Å². The van der Waals surface area contributed by atoms with Crippen molar-refractivity contribution in [3.63, 3.8) is 0 Å². The van der Waals surface area contributed by atoms with Gasteiger partial charge in [-0.05, 0) is 31.1 Å². The predicted molar refractivity (Wildman–Crippen MR) is 256 cm³/mol. The summed E-state index contributed by atoms with van der Waals surface area (Å²) < 4.78 is 16.8. The molecule has 356 valence electrons. The van der Waals surface area contributed by atoms with E-state index in [1.807, 2.05) is 0 Å². The van der Waals surface area contributed by atoms with Crippen LogP contribution >= 0.6 is 0 Å².